The van der Waals surface area contributed by atoms with Crippen molar-refractivity contribution in [3.8, 4) is 0 Å². The number of fused-ring (bicyclic) bond motifs is 1. The van der Waals surface area contributed by atoms with Crippen LogP contribution >= 0.6 is 11.3 Å². The minimum Gasteiger partial charge on any atom is -0.331 e. The molecule has 1 saturated heterocycles. The lowest BCUT2D eigenvalue weighted by molar-refractivity contribution is 0.0740. The van der Waals surface area contributed by atoms with E-state index in [-0.39, 0.29) is 11.9 Å². The van der Waals surface area contributed by atoms with E-state index < -0.39 is 0 Å². The van der Waals surface area contributed by atoms with Crippen molar-refractivity contribution in [2.45, 2.75) is 57.4 Å². The number of aromatic nitrogens is 1. The third kappa shape index (κ3) is 3.12. The molecule has 0 radical (unpaired) electrons. The summed E-state index contributed by atoms with van der Waals surface area (Å²) in [6.45, 7) is 0.869. The van der Waals surface area contributed by atoms with Crippen molar-refractivity contribution in [3.63, 3.8) is 0 Å². The van der Waals surface area contributed by atoms with E-state index in [0.29, 0.717) is 0 Å². The van der Waals surface area contributed by atoms with Crippen molar-refractivity contribution >= 4 is 17.2 Å². The van der Waals surface area contributed by atoms with Gasteiger partial charge in [0.15, 0.2) is 0 Å². The lowest BCUT2D eigenvalue weighted by atomic mass is 9.99. The van der Waals surface area contributed by atoms with Crippen LogP contribution in [0.15, 0.2) is 30.6 Å². The van der Waals surface area contributed by atoms with E-state index in [1.54, 1.807) is 11.3 Å². The molecule has 0 unspecified atom stereocenters. The second kappa shape index (κ2) is 7.06. The number of hydrogen-bond acceptors (Lipinski definition) is 3. The van der Waals surface area contributed by atoms with Gasteiger partial charge in [-0.3, -0.25) is 9.78 Å². The zero-order chi connectivity index (χ0) is 16.4. The minimum absolute atomic E-state index is 0.213. The maximum atomic E-state index is 13.1. The van der Waals surface area contributed by atoms with Gasteiger partial charge in [0, 0.05) is 23.8 Å². The van der Waals surface area contributed by atoms with E-state index in [0.717, 1.165) is 37.1 Å². The summed E-state index contributed by atoms with van der Waals surface area (Å²) >= 11 is 1.75. The molecule has 2 aliphatic rings. The fraction of sp³-hybridized carbons (Fsp3) is 0.500. The van der Waals surface area contributed by atoms with Crippen molar-refractivity contribution in [1.29, 1.82) is 0 Å². The molecular formula is C20H24N2OS. The molecule has 126 valence electrons. The van der Waals surface area contributed by atoms with Gasteiger partial charge < -0.3 is 4.90 Å². The number of thiophene rings is 1. The number of aryl methyl sites for hydroxylation is 2. The first-order valence-electron chi connectivity index (χ1n) is 9.15. The lowest BCUT2D eigenvalue weighted by Crippen LogP contribution is -2.29. The minimum atomic E-state index is 0.213. The highest BCUT2D eigenvalue weighted by molar-refractivity contribution is 7.14. The lowest BCUT2D eigenvalue weighted by Gasteiger charge is -2.24. The molecule has 0 N–H and O–H groups in total. The summed E-state index contributed by atoms with van der Waals surface area (Å²) in [5.41, 5.74) is 2.65. The Balaban J connectivity index is 1.58. The van der Waals surface area contributed by atoms with Crippen LogP contribution in [0.4, 0.5) is 0 Å². The summed E-state index contributed by atoms with van der Waals surface area (Å²) in [5.74, 6) is 0.228. The van der Waals surface area contributed by atoms with E-state index in [2.05, 4.69) is 16.0 Å². The largest absolute Gasteiger partial charge is 0.331 e. The predicted octanol–water partition coefficient (Wildman–Crippen LogP) is 4.78. The average molecular weight is 340 g/mol. The summed E-state index contributed by atoms with van der Waals surface area (Å²) < 4.78 is 0. The SMILES string of the molecule is O=C(c1cc2c(s1)CCCCCC2)N1CCC[C@@H]1c1ccncc1. The van der Waals surface area contributed by atoms with Crippen LogP contribution < -0.4 is 0 Å². The van der Waals surface area contributed by atoms with Crippen LogP contribution in [0.1, 0.15) is 70.2 Å². The van der Waals surface area contributed by atoms with Crippen LogP contribution in [0.25, 0.3) is 0 Å². The zero-order valence-corrected chi connectivity index (χ0v) is 14.9. The molecule has 1 aliphatic heterocycles. The van der Waals surface area contributed by atoms with Gasteiger partial charge in [-0.25, -0.2) is 0 Å². The Hall–Kier alpha value is -1.68. The fourth-order valence-corrected chi connectivity index (χ4v) is 5.24. The number of carbonyl (C=O) groups excluding carboxylic acids is 1. The molecule has 2 aromatic heterocycles. The highest BCUT2D eigenvalue weighted by atomic mass is 32.1. The van der Waals surface area contributed by atoms with E-state index in [9.17, 15) is 4.79 Å². The molecule has 0 bridgehead atoms. The molecule has 3 heterocycles. The van der Waals surface area contributed by atoms with E-state index in [1.807, 2.05) is 24.5 Å². The van der Waals surface area contributed by atoms with Crippen molar-refractivity contribution in [2.24, 2.45) is 0 Å². The van der Waals surface area contributed by atoms with Gasteiger partial charge in [0.2, 0.25) is 0 Å². The maximum absolute atomic E-state index is 13.1. The van der Waals surface area contributed by atoms with Gasteiger partial charge in [-0.15, -0.1) is 11.3 Å². The third-order valence-electron chi connectivity index (χ3n) is 5.31. The number of likely N-dealkylation sites (tertiary alicyclic amines) is 1. The molecule has 0 spiro atoms. The van der Waals surface area contributed by atoms with Gasteiger partial charge in [-0.05, 0) is 67.9 Å². The van der Waals surface area contributed by atoms with Crippen LogP contribution in [0.2, 0.25) is 0 Å². The maximum Gasteiger partial charge on any atom is 0.264 e. The van der Waals surface area contributed by atoms with E-state index >= 15 is 0 Å². The van der Waals surface area contributed by atoms with Gasteiger partial charge in [0.1, 0.15) is 0 Å². The average Bonchev–Trinajstić information content (AvgIpc) is 3.22. The monoisotopic (exact) mass is 340 g/mol. The standard InChI is InChI=1S/C20H24N2OS/c23-20(19-14-16-6-3-1-2-4-8-18(16)24-19)22-13-5-7-17(22)15-9-11-21-12-10-15/h9-12,14,17H,1-8,13H2/t17-/m1/s1. The Kier molecular flexibility index (Phi) is 4.65. The normalized spacial score (nSPS) is 21.2. The summed E-state index contributed by atoms with van der Waals surface area (Å²) in [5, 5.41) is 0. The van der Waals surface area contributed by atoms with Crippen LogP contribution in [0.3, 0.4) is 0 Å². The molecule has 1 aliphatic carbocycles. The van der Waals surface area contributed by atoms with Gasteiger partial charge >= 0.3 is 0 Å². The second-order valence-corrected chi connectivity index (χ2v) is 8.05. The Morgan fingerprint density at radius 3 is 2.71 bits per heavy atom. The predicted molar refractivity (Wildman–Crippen MR) is 97.4 cm³/mol. The molecule has 4 heteroatoms. The second-order valence-electron chi connectivity index (χ2n) is 6.91. The van der Waals surface area contributed by atoms with Crippen LogP contribution in [-0.4, -0.2) is 22.3 Å². The first-order chi connectivity index (χ1) is 11.8. The molecule has 3 nitrogen and oxygen atoms in total. The summed E-state index contributed by atoms with van der Waals surface area (Å²) in [6, 6.07) is 6.49. The van der Waals surface area contributed by atoms with E-state index in [1.165, 1.54) is 41.7 Å². The fourth-order valence-electron chi connectivity index (χ4n) is 4.03. The molecule has 24 heavy (non-hydrogen) atoms. The first kappa shape index (κ1) is 15.8. The smallest absolute Gasteiger partial charge is 0.264 e. The number of hydrogen-bond donors (Lipinski definition) is 0. The number of carbonyl (C=O) groups is 1. The molecule has 1 atom stereocenters. The molecule has 0 saturated carbocycles. The molecule has 2 aromatic rings. The van der Waals surface area contributed by atoms with Crippen molar-refractivity contribution in [2.75, 3.05) is 6.54 Å². The highest BCUT2D eigenvalue weighted by Gasteiger charge is 2.31. The number of amides is 1. The number of pyridine rings is 1. The topological polar surface area (TPSA) is 33.2 Å². The molecule has 0 aromatic carbocycles. The molecule has 1 fully saturated rings. The zero-order valence-electron chi connectivity index (χ0n) is 14.0. The Labute approximate surface area is 147 Å². The van der Waals surface area contributed by atoms with Gasteiger partial charge in [-0.2, -0.15) is 0 Å². The van der Waals surface area contributed by atoms with Gasteiger partial charge in [-0.1, -0.05) is 12.8 Å². The molecule has 1 amide bonds. The number of nitrogens with zero attached hydrogens (tertiary/aromatic N) is 2. The highest BCUT2D eigenvalue weighted by Crippen LogP contribution is 2.35. The Morgan fingerprint density at radius 1 is 1.08 bits per heavy atom. The Bertz CT molecular complexity index is 684. The number of rotatable bonds is 2. The van der Waals surface area contributed by atoms with E-state index in [4.69, 9.17) is 0 Å². The third-order valence-corrected chi connectivity index (χ3v) is 6.54. The van der Waals surface area contributed by atoms with Gasteiger partial charge in [0.05, 0.1) is 10.9 Å². The summed E-state index contributed by atoms with van der Waals surface area (Å²) in [6.07, 6.45) is 13.3. The van der Waals surface area contributed by atoms with Crippen LogP contribution in [0.5, 0.6) is 0 Å². The Morgan fingerprint density at radius 2 is 1.88 bits per heavy atom. The quantitative estimate of drug-likeness (QED) is 0.788. The summed E-state index contributed by atoms with van der Waals surface area (Å²) in [4.78, 5) is 21.7. The first-order valence-corrected chi connectivity index (χ1v) is 9.97. The van der Waals surface area contributed by atoms with Crippen LogP contribution in [-0.2, 0) is 12.8 Å². The van der Waals surface area contributed by atoms with Crippen molar-refractivity contribution < 1.29 is 4.79 Å². The molecular weight excluding hydrogens is 316 g/mol. The van der Waals surface area contributed by atoms with Crippen molar-refractivity contribution in [3.05, 3.63) is 51.5 Å². The van der Waals surface area contributed by atoms with Crippen LogP contribution in [0, 0.1) is 0 Å². The van der Waals surface area contributed by atoms with Crippen molar-refractivity contribution in [1.82, 2.24) is 9.88 Å². The molecule has 4 rings (SSSR count). The summed E-state index contributed by atoms with van der Waals surface area (Å²) in [7, 11) is 0. The van der Waals surface area contributed by atoms with Gasteiger partial charge in [0.25, 0.3) is 5.91 Å².